The number of carbonyl (C=O) groups excluding carboxylic acids is 7. The third-order valence-corrected chi connectivity index (χ3v) is 12.4. The maximum absolute atomic E-state index is 13.6. The van der Waals surface area contributed by atoms with Gasteiger partial charge in [-0.15, -0.1) is 5.06 Å². The number of nitrogens with zero attached hydrogens (tertiary/aromatic N) is 1. The molecule has 79 heavy (non-hydrogen) atoms. The third kappa shape index (κ3) is 21.2. The number of nitrogens with one attached hydrogen (secondary N) is 4. The fraction of sp³-hybridized carbons (Fsp3) is 0.844. The Hall–Kier alpha value is -4.35. The number of imide groups is 1. The number of aliphatic hydroxyl groups is 12. The summed E-state index contributed by atoms with van der Waals surface area (Å²) < 4.78 is 49.4. The molecule has 4 aliphatic heterocycles. The highest BCUT2D eigenvalue weighted by Gasteiger charge is 2.46. The minimum Gasteiger partial charge on any atom is -0.394 e. The molecule has 0 bridgehead atoms. The van der Waals surface area contributed by atoms with Gasteiger partial charge in [-0.25, -0.2) is 4.79 Å². The number of hydrogen-bond acceptors (Lipinski definition) is 29. The summed E-state index contributed by atoms with van der Waals surface area (Å²) in [5, 5.41) is 129. The highest BCUT2D eigenvalue weighted by atomic mass is 16.7. The number of carbonyl (C=O) groups is 7. The van der Waals surface area contributed by atoms with Crippen LogP contribution in [0.2, 0.25) is 0 Å². The SMILES string of the molecule is O=C(CCOCC(COCCC(=O)NCCO[C@H]1O[C@H](CO)[C@@H](O)[C@H](O)[C@@H]1O)(COCCC(=O)NCCO[C@H]1O[C@H](CO)[C@@H](O)[C@H](O)[C@@H]1O)NC(=O)CCC(=O)ON1C(=O)CCC1=O)NCCO[C@H]1O[C@H](CO)[C@@H](O)[C@H](O)[C@@H]1O. The van der Waals surface area contributed by atoms with E-state index >= 15 is 0 Å². The van der Waals surface area contributed by atoms with Gasteiger partial charge in [0, 0.05) is 58.2 Å². The number of hydroxylamine groups is 2. The first-order valence-electron chi connectivity index (χ1n) is 25.3. The van der Waals surface area contributed by atoms with E-state index in [1.807, 2.05) is 0 Å². The molecule has 454 valence electrons. The highest BCUT2D eigenvalue weighted by molar-refractivity contribution is 6.01. The van der Waals surface area contributed by atoms with E-state index in [-0.39, 0.29) is 91.4 Å². The van der Waals surface area contributed by atoms with Crippen LogP contribution in [0.3, 0.4) is 0 Å². The van der Waals surface area contributed by atoms with Crippen LogP contribution in [0.25, 0.3) is 0 Å². The molecule has 6 amide bonds. The molecule has 15 atom stereocenters. The Kier molecular flexibility index (Phi) is 29.1. The van der Waals surface area contributed by atoms with Gasteiger partial charge in [0.2, 0.25) is 23.6 Å². The standard InChI is InChI=1S/C45H75N5O29/c51-17-23-33(61)36(64)39(67)42(76-23)73-14-8-46-26(54)5-11-70-20-45(49-29(57)1-4-32(60)79-50-30(58)2-3-31(50)59,21-71-12-6-27(55)47-9-15-74-43-40(68)37(65)34(62)24(18-52)77-43)22-72-13-7-28(56)48-10-16-75-44-41(69)38(66)35(63)25(19-53)78-44/h23-25,33-44,51-53,61-69H,1-22H2,(H,46,54)(H,47,55)(H,48,56)(H,49,57)/t23-,24-,25-,33-,34-,35-,36+,37+,38+,39+,40+,41+,42+,43+,44+/m1/s1. The van der Waals surface area contributed by atoms with Crippen molar-refractivity contribution in [1.82, 2.24) is 26.3 Å². The minimum absolute atomic E-state index is 0.143. The Morgan fingerprint density at radius 2 is 0.785 bits per heavy atom. The molecule has 34 heteroatoms. The Morgan fingerprint density at radius 1 is 0.456 bits per heavy atom. The van der Waals surface area contributed by atoms with Gasteiger partial charge in [-0.2, -0.15) is 0 Å². The van der Waals surface area contributed by atoms with Gasteiger partial charge in [0.25, 0.3) is 11.8 Å². The Labute approximate surface area is 450 Å². The van der Waals surface area contributed by atoms with Crippen molar-refractivity contribution in [2.45, 2.75) is 143 Å². The molecule has 4 fully saturated rings. The van der Waals surface area contributed by atoms with Crippen LogP contribution in [0, 0.1) is 0 Å². The van der Waals surface area contributed by atoms with E-state index in [0.717, 1.165) is 0 Å². The first kappa shape index (κ1) is 67.2. The van der Waals surface area contributed by atoms with Crippen LogP contribution < -0.4 is 21.3 Å². The van der Waals surface area contributed by atoms with Crippen molar-refractivity contribution >= 4 is 41.4 Å². The molecule has 4 saturated heterocycles. The Morgan fingerprint density at radius 3 is 1.10 bits per heavy atom. The first-order valence-corrected chi connectivity index (χ1v) is 25.3. The van der Waals surface area contributed by atoms with E-state index in [4.69, 9.17) is 47.5 Å². The second kappa shape index (κ2) is 34.2. The molecule has 0 unspecified atom stereocenters. The zero-order valence-corrected chi connectivity index (χ0v) is 43.0. The van der Waals surface area contributed by atoms with Crippen molar-refractivity contribution in [3.63, 3.8) is 0 Å². The molecule has 0 aliphatic carbocycles. The largest absolute Gasteiger partial charge is 0.394 e. The van der Waals surface area contributed by atoms with Gasteiger partial charge in [-0.3, -0.25) is 28.8 Å². The molecule has 0 saturated carbocycles. The molecule has 0 aromatic heterocycles. The lowest BCUT2D eigenvalue weighted by Crippen LogP contribution is -2.59. The predicted octanol–water partition coefficient (Wildman–Crippen LogP) is -10.8. The lowest BCUT2D eigenvalue weighted by molar-refractivity contribution is -0.300. The van der Waals surface area contributed by atoms with E-state index in [9.17, 15) is 94.8 Å². The zero-order valence-electron chi connectivity index (χ0n) is 43.0. The molecular formula is C45H75N5O29. The van der Waals surface area contributed by atoms with Crippen LogP contribution in [0.5, 0.6) is 0 Å². The fourth-order valence-corrected chi connectivity index (χ4v) is 7.89. The summed E-state index contributed by atoms with van der Waals surface area (Å²) in [4.78, 5) is 93.3. The summed E-state index contributed by atoms with van der Waals surface area (Å²) in [6.07, 6.45) is -25.4. The average Bonchev–Trinajstić information content (AvgIpc) is 3.78. The number of ether oxygens (including phenoxy) is 9. The Balaban J connectivity index is 1.36. The molecule has 34 nitrogen and oxygen atoms in total. The van der Waals surface area contributed by atoms with Gasteiger partial charge in [-0.05, 0) is 0 Å². The number of aliphatic hydroxyl groups excluding tert-OH is 12. The zero-order chi connectivity index (χ0) is 58.2. The summed E-state index contributed by atoms with van der Waals surface area (Å²) in [7, 11) is 0. The predicted molar refractivity (Wildman–Crippen MR) is 252 cm³/mol. The summed E-state index contributed by atoms with van der Waals surface area (Å²) in [6, 6.07) is 0. The van der Waals surface area contributed by atoms with Gasteiger partial charge in [0.15, 0.2) is 18.9 Å². The highest BCUT2D eigenvalue weighted by Crippen LogP contribution is 2.24. The van der Waals surface area contributed by atoms with E-state index < -0.39 is 192 Å². The van der Waals surface area contributed by atoms with Crippen LogP contribution in [0.4, 0.5) is 0 Å². The summed E-state index contributed by atoms with van der Waals surface area (Å²) >= 11 is 0. The Bertz CT molecular complexity index is 1750. The number of amides is 6. The smallest absolute Gasteiger partial charge is 0.333 e. The van der Waals surface area contributed by atoms with Crippen molar-refractivity contribution in [2.75, 3.05) is 98.9 Å². The molecule has 0 aromatic rings. The molecule has 4 aliphatic rings. The molecule has 0 spiro atoms. The molecule has 4 heterocycles. The second-order valence-corrected chi connectivity index (χ2v) is 18.5. The lowest BCUT2D eigenvalue weighted by Gasteiger charge is -2.39. The van der Waals surface area contributed by atoms with Gasteiger partial charge in [-0.1, -0.05) is 0 Å². The van der Waals surface area contributed by atoms with Crippen LogP contribution in [0.1, 0.15) is 44.9 Å². The summed E-state index contributed by atoms with van der Waals surface area (Å²) in [5.41, 5.74) is -1.72. The molecular weight excluding hydrogens is 1070 g/mol. The van der Waals surface area contributed by atoms with Crippen molar-refractivity contribution in [3.05, 3.63) is 0 Å². The topological polar surface area (TPSA) is 506 Å². The van der Waals surface area contributed by atoms with Gasteiger partial charge in [0.1, 0.15) is 78.8 Å². The second-order valence-electron chi connectivity index (χ2n) is 18.5. The first-order chi connectivity index (χ1) is 37.6. The third-order valence-electron chi connectivity index (χ3n) is 12.4. The van der Waals surface area contributed by atoms with Crippen molar-refractivity contribution in [3.8, 4) is 0 Å². The summed E-state index contributed by atoms with van der Waals surface area (Å²) in [6.45, 7) is -5.66. The van der Waals surface area contributed by atoms with E-state index in [1.165, 1.54) is 0 Å². The number of rotatable bonds is 35. The van der Waals surface area contributed by atoms with E-state index in [0.29, 0.717) is 5.06 Å². The van der Waals surface area contributed by atoms with Crippen molar-refractivity contribution < 1.29 is 142 Å². The maximum Gasteiger partial charge on any atom is 0.333 e. The molecule has 16 N–H and O–H groups in total. The lowest BCUT2D eigenvalue weighted by atomic mass is 9.99. The quantitative estimate of drug-likeness (QED) is 0.0207. The maximum atomic E-state index is 13.6. The van der Waals surface area contributed by atoms with E-state index in [1.54, 1.807) is 0 Å². The fourth-order valence-electron chi connectivity index (χ4n) is 7.89. The normalized spacial score (nSPS) is 30.2. The monoisotopic (exact) mass is 1150 g/mol. The average molecular weight is 1150 g/mol. The molecule has 0 aromatic carbocycles. The van der Waals surface area contributed by atoms with E-state index in [2.05, 4.69) is 21.3 Å². The molecule has 4 rings (SSSR count). The van der Waals surface area contributed by atoms with Gasteiger partial charge in [0.05, 0.1) is 85.7 Å². The minimum atomic E-state index is -1.72. The van der Waals surface area contributed by atoms with Crippen molar-refractivity contribution in [2.24, 2.45) is 0 Å². The molecule has 0 radical (unpaired) electrons. The van der Waals surface area contributed by atoms with Crippen LogP contribution in [-0.2, 0) is 81.0 Å². The van der Waals surface area contributed by atoms with Crippen LogP contribution in [0.15, 0.2) is 0 Å². The van der Waals surface area contributed by atoms with Crippen LogP contribution >= 0.6 is 0 Å². The van der Waals surface area contributed by atoms with Gasteiger partial charge < -0.3 is 130 Å². The number of hydrogen-bond donors (Lipinski definition) is 16. The van der Waals surface area contributed by atoms with Crippen LogP contribution in [-0.4, -0.2) is 304 Å². The summed E-state index contributed by atoms with van der Waals surface area (Å²) in [5.74, 6) is -5.21. The van der Waals surface area contributed by atoms with Crippen molar-refractivity contribution in [1.29, 1.82) is 0 Å². The van der Waals surface area contributed by atoms with Gasteiger partial charge >= 0.3 is 5.97 Å².